The van der Waals surface area contributed by atoms with Crippen molar-refractivity contribution in [2.24, 2.45) is 0 Å². The van der Waals surface area contributed by atoms with Gasteiger partial charge in [-0.15, -0.1) is 6.58 Å². The van der Waals surface area contributed by atoms with Crippen LogP contribution in [0.1, 0.15) is 11.1 Å². The lowest BCUT2D eigenvalue weighted by atomic mass is 10.1. The summed E-state index contributed by atoms with van der Waals surface area (Å²) in [5.41, 5.74) is 2.23. The first-order valence-corrected chi connectivity index (χ1v) is 8.63. The maximum Gasteiger partial charge on any atom is 0.106 e. The largest absolute Gasteiger partial charge is 0.504 e. The molecule has 2 atom stereocenters. The predicted molar refractivity (Wildman–Crippen MR) is 106 cm³/mol. The molecule has 2 rings (SSSR count). The first kappa shape index (κ1) is 19.7. The molecule has 0 aromatic heterocycles. The highest BCUT2D eigenvalue weighted by molar-refractivity contribution is 5.15. The highest BCUT2D eigenvalue weighted by atomic mass is 16.5. The van der Waals surface area contributed by atoms with Gasteiger partial charge in [0.15, 0.2) is 0 Å². The number of hydrogen-bond donors (Lipinski definition) is 0. The van der Waals surface area contributed by atoms with Gasteiger partial charge in [-0.05, 0) is 17.2 Å². The van der Waals surface area contributed by atoms with Crippen LogP contribution in [0.15, 0.2) is 97.8 Å². The van der Waals surface area contributed by atoms with Gasteiger partial charge in [-0.1, -0.05) is 78.9 Å². The van der Waals surface area contributed by atoms with Crippen molar-refractivity contribution in [2.45, 2.75) is 25.4 Å². The molecule has 0 aliphatic carbocycles. The van der Waals surface area contributed by atoms with Crippen LogP contribution >= 0.6 is 0 Å². The van der Waals surface area contributed by atoms with Crippen LogP contribution in [0.3, 0.4) is 0 Å². The van der Waals surface area contributed by atoms with Crippen LogP contribution in [0, 0.1) is 0 Å². The summed E-state index contributed by atoms with van der Waals surface area (Å²) in [5.74, 6) is 0. The Bertz CT molecular complexity index is 677. The molecule has 136 valence electrons. The molecule has 2 aromatic carbocycles. The average Bonchev–Trinajstić information content (AvgIpc) is 2.70. The van der Waals surface area contributed by atoms with Crippen LogP contribution in [0.4, 0.5) is 0 Å². The van der Waals surface area contributed by atoms with Crippen LogP contribution in [-0.4, -0.2) is 19.3 Å². The van der Waals surface area contributed by atoms with E-state index in [0.29, 0.717) is 13.2 Å². The summed E-state index contributed by atoms with van der Waals surface area (Å²) >= 11 is 0. The summed E-state index contributed by atoms with van der Waals surface area (Å²) < 4.78 is 17.0. The standard InChI is InChI=1S/C23H26O3/c1-3-22(25-18-20-12-6-4-7-13-20)23(16-10-11-17-24-2)26-19-21-14-8-5-9-15-21/h3-17,22-23H,1,18-19H2,2H3/t22-,23+/m0/s1. The Balaban J connectivity index is 2.01. The maximum absolute atomic E-state index is 6.09. The van der Waals surface area contributed by atoms with Crippen molar-refractivity contribution in [3.05, 3.63) is 109 Å². The Morgan fingerprint density at radius 1 is 0.808 bits per heavy atom. The second kappa shape index (κ2) is 11.9. The van der Waals surface area contributed by atoms with E-state index in [1.54, 1.807) is 19.4 Å². The van der Waals surface area contributed by atoms with Gasteiger partial charge in [0.05, 0.1) is 26.6 Å². The molecule has 2 aromatic rings. The van der Waals surface area contributed by atoms with Gasteiger partial charge in [0.1, 0.15) is 12.2 Å². The van der Waals surface area contributed by atoms with Crippen LogP contribution in [0.5, 0.6) is 0 Å². The number of hydrogen-bond acceptors (Lipinski definition) is 3. The molecular weight excluding hydrogens is 324 g/mol. The van der Waals surface area contributed by atoms with E-state index in [0.717, 1.165) is 11.1 Å². The first-order valence-electron chi connectivity index (χ1n) is 8.63. The lowest BCUT2D eigenvalue weighted by molar-refractivity contribution is -0.0419. The Morgan fingerprint density at radius 2 is 1.35 bits per heavy atom. The predicted octanol–water partition coefficient (Wildman–Crippen LogP) is 5.06. The monoisotopic (exact) mass is 350 g/mol. The Hall–Kier alpha value is -2.62. The lowest BCUT2D eigenvalue weighted by Crippen LogP contribution is -2.28. The van der Waals surface area contributed by atoms with E-state index < -0.39 is 0 Å². The summed E-state index contributed by atoms with van der Waals surface area (Å²) in [5, 5.41) is 0. The number of benzene rings is 2. The second-order valence-corrected chi connectivity index (χ2v) is 5.71. The Kier molecular flexibility index (Phi) is 8.98. The van der Waals surface area contributed by atoms with Crippen molar-refractivity contribution in [2.75, 3.05) is 7.11 Å². The van der Waals surface area contributed by atoms with Gasteiger partial charge in [0, 0.05) is 0 Å². The summed E-state index contributed by atoms with van der Waals surface area (Å²) in [6, 6.07) is 20.1. The molecule has 3 heteroatoms. The zero-order chi connectivity index (χ0) is 18.5. The fourth-order valence-corrected chi connectivity index (χ4v) is 2.39. The number of ether oxygens (including phenoxy) is 3. The Morgan fingerprint density at radius 3 is 1.85 bits per heavy atom. The van der Waals surface area contributed by atoms with E-state index in [2.05, 4.69) is 6.58 Å². The van der Waals surface area contributed by atoms with Gasteiger partial charge < -0.3 is 14.2 Å². The van der Waals surface area contributed by atoms with Crippen molar-refractivity contribution >= 4 is 0 Å². The quantitative estimate of drug-likeness (QED) is 0.322. The second-order valence-electron chi connectivity index (χ2n) is 5.71. The summed E-state index contributed by atoms with van der Waals surface area (Å²) in [7, 11) is 1.61. The van der Waals surface area contributed by atoms with Crippen LogP contribution in [0.25, 0.3) is 0 Å². The number of rotatable bonds is 11. The minimum absolute atomic E-state index is 0.252. The molecule has 0 aliphatic heterocycles. The van der Waals surface area contributed by atoms with Crippen molar-refractivity contribution < 1.29 is 14.2 Å². The summed E-state index contributed by atoms with van der Waals surface area (Å²) in [6.45, 7) is 4.92. The molecule has 0 saturated carbocycles. The molecule has 0 unspecified atom stereocenters. The minimum Gasteiger partial charge on any atom is -0.504 e. The van der Waals surface area contributed by atoms with E-state index in [-0.39, 0.29) is 12.2 Å². The molecule has 0 fully saturated rings. The van der Waals surface area contributed by atoms with Crippen molar-refractivity contribution in [1.29, 1.82) is 0 Å². The normalized spacial score (nSPS) is 13.7. The molecule has 0 bridgehead atoms. The maximum atomic E-state index is 6.09. The zero-order valence-corrected chi connectivity index (χ0v) is 15.2. The number of methoxy groups -OCH3 is 1. The topological polar surface area (TPSA) is 27.7 Å². The first-order chi connectivity index (χ1) is 12.8. The van der Waals surface area contributed by atoms with Crippen LogP contribution in [-0.2, 0) is 27.4 Å². The third-order valence-corrected chi connectivity index (χ3v) is 3.75. The highest BCUT2D eigenvalue weighted by Gasteiger charge is 2.17. The van der Waals surface area contributed by atoms with Gasteiger partial charge in [-0.25, -0.2) is 0 Å². The van der Waals surface area contributed by atoms with E-state index >= 15 is 0 Å². The van der Waals surface area contributed by atoms with Crippen molar-refractivity contribution in [1.82, 2.24) is 0 Å². The highest BCUT2D eigenvalue weighted by Crippen LogP contribution is 2.14. The summed E-state index contributed by atoms with van der Waals surface area (Å²) in [4.78, 5) is 0. The zero-order valence-electron chi connectivity index (χ0n) is 15.2. The van der Waals surface area contributed by atoms with Crippen LogP contribution in [0.2, 0.25) is 0 Å². The smallest absolute Gasteiger partial charge is 0.106 e. The molecule has 0 heterocycles. The fourth-order valence-electron chi connectivity index (χ4n) is 2.39. The van der Waals surface area contributed by atoms with E-state index in [4.69, 9.17) is 14.2 Å². The fraction of sp³-hybridized carbons (Fsp3) is 0.217. The average molecular weight is 350 g/mol. The SMILES string of the molecule is C=C[C@H](OCc1ccccc1)[C@@H](C=CC=COC)OCc1ccccc1. The van der Waals surface area contributed by atoms with Gasteiger partial charge >= 0.3 is 0 Å². The summed E-state index contributed by atoms with van der Waals surface area (Å²) in [6.07, 6.45) is 8.54. The van der Waals surface area contributed by atoms with Crippen molar-refractivity contribution in [3.63, 3.8) is 0 Å². The van der Waals surface area contributed by atoms with Crippen molar-refractivity contribution in [3.8, 4) is 0 Å². The third-order valence-electron chi connectivity index (χ3n) is 3.75. The molecule has 0 saturated heterocycles. The third kappa shape index (κ3) is 7.09. The van der Waals surface area contributed by atoms with Crippen LogP contribution < -0.4 is 0 Å². The Labute approximate surface area is 156 Å². The number of allylic oxidation sites excluding steroid dienone is 2. The lowest BCUT2D eigenvalue weighted by Gasteiger charge is -2.23. The molecule has 26 heavy (non-hydrogen) atoms. The van der Waals surface area contributed by atoms with E-state index in [1.807, 2.05) is 78.9 Å². The molecule has 0 N–H and O–H groups in total. The molecule has 0 spiro atoms. The molecule has 0 amide bonds. The molecule has 3 nitrogen and oxygen atoms in total. The van der Waals surface area contributed by atoms with Gasteiger partial charge in [-0.2, -0.15) is 0 Å². The minimum atomic E-state index is -0.258. The molecular formula is C23H26O3. The van der Waals surface area contributed by atoms with E-state index in [9.17, 15) is 0 Å². The molecule has 0 aliphatic rings. The van der Waals surface area contributed by atoms with Gasteiger partial charge in [0.25, 0.3) is 0 Å². The van der Waals surface area contributed by atoms with E-state index in [1.165, 1.54) is 0 Å². The van der Waals surface area contributed by atoms with Gasteiger partial charge in [0.2, 0.25) is 0 Å². The van der Waals surface area contributed by atoms with Gasteiger partial charge in [-0.3, -0.25) is 0 Å². The molecule has 0 radical (unpaired) electrons.